The van der Waals surface area contributed by atoms with E-state index in [-0.39, 0.29) is 11.6 Å². The molecule has 1 aromatic carbocycles. The molecule has 0 atom stereocenters. The summed E-state index contributed by atoms with van der Waals surface area (Å²) in [6, 6.07) is 9.51. The number of aromatic nitrogens is 1. The molecule has 0 radical (unpaired) electrons. The number of amidine groups is 1. The Morgan fingerprint density at radius 2 is 1.87 bits per heavy atom. The van der Waals surface area contributed by atoms with Crippen LogP contribution in [0.3, 0.4) is 0 Å². The fourth-order valence-electron chi connectivity index (χ4n) is 2.12. The zero-order chi connectivity index (χ0) is 17.4. The third kappa shape index (κ3) is 5.29. The summed E-state index contributed by atoms with van der Waals surface area (Å²) in [5, 5.41) is 21.1. The van der Waals surface area contributed by atoms with Crippen LogP contribution in [0.1, 0.15) is 41.9 Å². The molecule has 0 unspecified atom stereocenters. The standard InChI is InChI=1S/C10H14N2O2.C8H11N/c1-3-7-5-8(10(11)12-14)4-6(2)9(7)13;1-3-8-6-4-5-7(2)9-8/h4-5,13-14H,3H2,1-2H3,(H2,11,12);4-6H,3H2,1-2H3. The summed E-state index contributed by atoms with van der Waals surface area (Å²) in [5.41, 5.74) is 9.89. The van der Waals surface area contributed by atoms with E-state index in [0.29, 0.717) is 12.0 Å². The highest BCUT2D eigenvalue weighted by Gasteiger charge is 2.07. The quantitative estimate of drug-likeness (QED) is 0.351. The predicted octanol–water partition coefficient (Wildman–Crippen LogP) is 3.31. The van der Waals surface area contributed by atoms with Crippen molar-refractivity contribution < 1.29 is 10.3 Å². The molecule has 0 bridgehead atoms. The number of phenolic OH excluding ortho intramolecular Hbond substituents is 1. The van der Waals surface area contributed by atoms with E-state index in [4.69, 9.17) is 10.9 Å². The summed E-state index contributed by atoms with van der Waals surface area (Å²) in [6.07, 6.45) is 1.74. The summed E-state index contributed by atoms with van der Waals surface area (Å²) in [5.74, 6) is 0.338. The number of oxime groups is 1. The minimum absolute atomic E-state index is 0.0581. The van der Waals surface area contributed by atoms with Crippen molar-refractivity contribution in [1.29, 1.82) is 0 Å². The lowest BCUT2D eigenvalue weighted by Crippen LogP contribution is -2.13. The molecule has 5 nitrogen and oxygen atoms in total. The summed E-state index contributed by atoms with van der Waals surface area (Å²) in [4.78, 5) is 4.29. The van der Waals surface area contributed by atoms with Crippen molar-refractivity contribution in [1.82, 2.24) is 4.98 Å². The molecule has 23 heavy (non-hydrogen) atoms. The van der Waals surface area contributed by atoms with E-state index in [0.717, 1.165) is 23.2 Å². The van der Waals surface area contributed by atoms with Gasteiger partial charge in [-0.1, -0.05) is 25.1 Å². The molecule has 1 aromatic heterocycles. The highest BCUT2D eigenvalue weighted by molar-refractivity contribution is 5.97. The van der Waals surface area contributed by atoms with Crippen molar-refractivity contribution in [3.8, 4) is 5.75 Å². The van der Waals surface area contributed by atoms with Gasteiger partial charge in [-0.2, -0.15) is 0 Å². The fourth-order valence-corrected chi connectivity index (χ4v) is 2.12. The monoisotopic (exact) mass is 315 g/mol. The first kappa shape index (κ1) is 18.5. The maximum atomic E-state index is 9.63. The molecular formula is C18H25N3O2. The average molecular weight is 315 g/mol. The van der Waals surface area contributed by atoms with Crippen LogP contribution in [0, 0.1) is 13.8 Å². The van der Waals surface area contributed by atoms with Gasteiger partial charge in [0.2, 0.25) is 0 Å². The normalized spacial score (nSPS) is 10.9. The highest BCUT2D eigenvalue weighted by Crippen LogP contribution is 2.24. The van der Waals surface area contributed by atoms with E-state index in [1.54, 1.807) is 19.1 Å². The van der Waals surface area contributed by atoms with Gasteiger partial charge in [-0.25, -0.2) is 0 Å². The Morgan fingerprint density at radius 3 is 2.35 bits per heavy atom. The molecule has 0 saturated carbocycles. The van der Waals surface area contributed by atoms with Gasteiger partial charge in [-0.15, -0.1) is 0 Å². The number of aromatic hydroxyl groups is 1. The van der Waals surface area contributed by atoms with Crippen molar-refractivity contribution in [2.24, 2.45) is 10.9 Å². The second kappa shape index (κ2) is 8.78. The first-order valence-electron chi connectivity index (χ1n) is 7.65. The number of nitrogens with zero attached hydrogens (tertiary/aromatic N) is 2. The molecule has 0 aliphatic heterocycles. The van der Waals surface area contributed by atoms with Crippen LogP contribution in [0.4, 0.5) is 0 Å². The lowest BCUT2D eigenvalue weighted by Gasteiger charge is -2.08. The van der Waals surface area contributed by atoms with Crippen LogP contribution >= 0.6 is 0 Å². The largest absolute Gasteiger partial charge is 0.507 e. The molecule has 124 valence electrons. The van der Waals surface area contributed by atoms with Crippen molar-refractivity contribution in [2.75, 3.05) is 0 Å². The number of rotatable bonds is 3. The maximum Gasteiger partial charge on any atom is 0.170 e. The minimum atomic E-state index is 0.0581. The zero-order valence-electron chi connectivity index (χ0n) is 14.2. The van der Waals surface area contributed by atoms with E-state index in [1.165, 1.54) is 5.69 Å². The van der Waals surface area contributed by atoms with Gasteiger partial charge in [-0.05, 0) is 62.1 Å². The summed E-state index contributed by atoms with van der Waals surface area (Å²) < 4.78 is 0. The van der Waals surface area contributed by atoms with Gasteiger partial charge in [0.25, 0.3) is 0 Å². The SMILES string of the molecule is CCc1cc(C(N)=NO)cc(C)c1O.CCc1cccc(C)n1. The van der Waals surface area contributed by atoms with Gasteiger partial charge in [-0.3, -0.25) is 4.98 Å². The third-order valence-corrected chi connectivity index (χ3v) is 3.47. The third-order valence-electron chi connectivity index (χ3n) is 3.47. The number of nitrogens with two attached hydrogens (primary N) is 1. The van der Waals surface area contributed by atoms with E-state index in [2.05, 4.69) is 17.1 Å². The fraction of sp³-hybridized carbons (Fsp3) is 0.333. The molecule has 0 aliphatic rings. The first-order chi connectivity index (χ1) is 10.9. The molecule has 0 saturated heterocycles. The minimum Gasteiger partial charge on any atom is -0.507 e. The molecule has 4 N–H and O–H groups in total. The van der Waals surface area contributed by atoms with Gasteiger partial charge in [0, 0.05) is 17.0 Å². The summed E-state index contributed by atoms with van der Waals surface area (Å²) in [7, 11) is 0. The van der Waals surface area contributed by atoms with Crippen LogP contribution in [0.25, 0.3) is 0 Å². The number of phenols is 1. The van der Waals surface area contributed by atoms with Crippen LogP contribution in [0.15, 0.2) is 35.5 Å². The Bertz CT molecular complexity index is 682. The van der Waals surface area contributed by atoms with Crippen LogP contribution in [0.2, 0.25) is 0 Å². The van der Waals surface area contributed by atoms with E-state index < -0.39 is 0 Å². The van der Waals surface area contributed by atoms with E-state index in [1.807, 2.05) is 32.0 Å². The maximum absolute atomic E-state index is 9.63. The molecule has 0 aliphatic carbocycles. The van der Waals surface area contributed by atoms with E-state index in [9.17, 15) is 5.11 Å². The Hall–Kier alpha value is -2.56. The lowest BCUT2D eigenvalue weighted by molar-refractivity contribution is 0.318. The van der Waals surface area contributed by atoms with Gasteiger partial charge >= 0.3 is 0 Å². The van der Waals surface area contributed by atoms with E-state index >= 15 is 0 Å². The smallest absolute Gasteiger partial charge is 0.170 e. The highest BCUT2D eigenvalue weighted by atomic mass is 16.4. The van der Waals surface area contributed by atoms with Gasteiger partial charge in [0.15, 0.2) is 5.84 Å². The van der Waals surface area contributed by atoms with Gasteiger partial charge in [0.1, 0.15) is 5.75 Å². The van der Waals surface area contributed by atoms with Crippen molar-refractivity contribution in [3.05, 3.63) is 58.4 Å². The first-order valence-corrected chi connectivity index (χ1v) is 7.65. The summed E-state index contributed by atoms with van der Waals surface area (Å²) >= 11 is 0. The molecular weight excluding hydrogens is 290 g/mol. The van der Waals surface area contributed by atoms with Crippen LogP contribution in [-0.4, -0.2) is 21.1 Å². The Morgan fingerprint density at radius 1 is 1.17 bits per heavy atom. The van der Waals surface area contributed by atoms with Crippen molar-refractivity contribution in [3.63, 3.8) is 0 Å². The molecule has 1 heterocycles. The zero-order valence-corrected chi connectivity index (χ0v) is 14.2. The Labute approximate surface area is 137 Å². The molecule has 5 heteroatoms. The van der Waals surface area contributed by atoms with Crippen LogP contribution in [-0.2, 0) is 12.8 Å². The Kier molecular flexibility index (Phi) is 7.06. The Balaban J connectivity index is 0.000000253. The topological polar surface area (TPSA) is 91.7 Å². The van der Waals surface area contributed by atoms with Crippen LogP contribution in [0.5, 0.6) is 5.75 Å². The van der Waals surface area contributed by atoms with Gasteiger partial charge < -0.3 is 16.0 Å². The molecule has 2 aromatic rings. The second-order valence-electron chi connectivity index (χ2n) is 5.26. The molecule has 0 fully saturated rings. The number of aryl methyl sites for hydroxylation is 4. The lowest BCUT2D eigenvalue weighted by atomic mass is 10.0. The van der Waals surface area contributed by atoms with Crippen molar-refractivity contribution >= 4 is 5.84 Å². The summed E-state index contributed by atoms with van der Waals surface area (Å²) in [6.45, 7) is 7.84. The van der Waals surface area contributed by atoms with Crippen molar-refractivity contribution in [2.45, 2.75) is 40.5 Å². The molecule has 0 amide bonds. The molecule has 2 rings (SSSR count). The number of pyridine rings is 1. The molecule has 0 spiro atoms. The second-order valence-corrected chi connectivity index (χ2v) is 5.26. The number of hydrogen-bond donors (Lipinski definition) is 3. The number of benzene rings is 1. The van der Waals surface area contributed by atoms with Gasteiger partial charge in [0.05, 0.1) is 0 Å². The predicted molar refractivity (Wildman–Crippen MR) is 93.1 cm³/mol. The number of hydrogen-bond acceptors (Lipinski definition) is 4. The average Bonchev–Trinajstić information content (AvgIpc) is 2.57. The van der Waals surface area contributed by atoms with Crippen LogP contribution < -0.4 is 5.73 Å².